The number of hydrogen-bond donors (Lipinski definition) is 1. The summed E-state index contributed by atoms with van der Waals surface area (Å²) in [5.74, 6) is -0.599. The van der Waals surface area contributed by atoms with Gasteiger partial charge in [-0.1, -0.05) is 19.9 Å². The molecule has 1 aliphatic heterocycles. The van der Waals surface area contributed by atoms with Gasteiger partial charge in [-0.2, -0.15) is 0 Å². The highest BCUT2D eigenvalue weighted by atomic mass is 16.5. The van der Waals surface area contributed by atoms with E-state index >= 15 is 0 Å². The number of aryl methyl sites for hydroxylation is 1. The number of pyridine rings is 1. The zero-order valence-electron chi connectivity index (χ0n) is 19.5. The molecule has 2 aromatic rings. The summed E-state index contributed by atoms with van der Waals surface area (Å²) >= 11 is 0. The van der Waals surface area contributed by atoms with Crippen LogP contribution in [0.15, 0.2) is 42.2 Å². The van der Waals surface area contributed by atoms with E-state index in [1.54, 1.807) is 25.6 Å². The van der Waals surface area contributed by atoms with Gasteiger partial charge in [-0.05, 0) is 61.8 Å². The van der Waals surface area contributed by atoms with E-state index in [-0.39, 0.29) is 17.3 Å². The first-order valence-corrected chi connectivity index (χ1v) is 10.7. The molecule has 1 atom stereocenters. The number of likely N-dealkylation sites (tertiary alicyclic amines) is 1. The first-order chi connectivity index (χ1) is 15.2. The van der Waals surface area contributed by atoms with Gasteiger partial charge in [-0.25, -0.2) is 0 Å². The third-order valence-electron chi connectivity index (χ3n) is 5.78. The van der Waals surface area contributed by atoms with Crippen molar-refractivity contribution >= 4 is 17.4 Å². The Morgan fingerprint density at radius 3 is 2.56 bits per heavy atom. The van der Waals surface area contributed by atoms with Crippen LogP contribution in [0, 0.1) is 6.92 Å². The standard InChI is InChI=1S/C25H31N3O4/c1-15(2)18-13-19(16(3)12-20(18)32-6)23(29)21-22(17-8-7-9-26-14-17)28(11-10-27(4)5)25(31)24(21)30/h7-9,12-15,22,29H,10-11H2,1-6H3/b23-21+. The van der Waals surface area contributed by atoms with Crippen LogP contribution in [0.4, 0.5) is 0 Å². The molecule has 1 amide bonds. The van der Waals surface area contributed by atoms with Gasteiger partial charge in [0.2, 0.25) is 0 Å². The minimum absolute atomic E-state index is 0.0877. The molecule has 1 aromatic heterocycles. The zero-order chi connectivity index (χ0) is 23.6. The molecule has 32 heavy (non-hydrogen) atoms. The van der Waals surface area contributed by atoms with Crippen molar-refractivity contribution in [1.29, 1.82) is 0 Å². The Balaban J connectivity index is 2.21. The van der Waals surface area contributed by atoms with Crippen molar-refractivity contribution in [3.63, 3.8) is 0 Å². The number of carbonyl (C=O) groups is 2. The summed E-state index contributed by atoms with van der Waals surface area (Å²) in [4.78, 5) is 33.8. The van der Waals surface area contributed by atoms with E-state index in [0.29, 0.717) is 24.2 Å². The minimum atomic E-state index is -0.701. The number of ether oxygens (including phenoxy) is 1. The highest BCUT2D eigenvalue weighted by molar-refractivity contribution is 6.46. The predicted octanol–water partition coefficient (Wildman–Crippen LogP) is 3.51. The van der Waals surface area contributed by atoms with Crippen molar-refractivity contribution in [2.45, 2.75) is 32.7 Å². The lowest BCUT2D eigenvalue weighted by Gasteiger charge is -2.26. The number of aromatic nitrogens is 1. The number of amides is 1. The normalized spacial score (nSPS) is 18.1. The van der Waals surface area contributed by atoms with E-state index in [1.165, 1.54) is 4.90 Å². The number of ketones is 1. The largest absolute Gasteiger partial charge is 0.507 e. The lowest BCUT2D eigenvalue weighted by atomic mass is 9.91. The summed E-state index contributed by atoms with van der Waals surface area (Å²) in [6.45, 7) is 6.86. The number of rotatable bonds is 7. The average molecular weight is 438 g/mol. The van der Waals surface area contributed by atoms with Crippen LogP contribution < -0.4 is 4.74 Å². The second kappa shape index (κ2) is 9.53. The van der Waals surface area contributed by atoms with E-state index < -0.39 is 17.7 Å². The van der Waals surface area contributed by atoms with Crippen LogP contribution in [-0.2, 0) is 9.59 Å². The van der Waals surface area contributed by atoms with Gasteiger partial charge >= 0.3 is 0 Å². The molecule has 1 unspecified atom stereocenters. The molecule has 0 aliphatic carbocycles. The van der Waals surface area contributed by atoms with Crippen molar-refractivity contribution in [1.82, 2.24) is 14.8 Å². The van der Waals surface area contributed by atoms with Gasteiger partial charge in [0, 0.05) is 31.0 Å². The molecular formula is C25H31N3O4. The fraction of sp³-hybridized carbons (Fsp3) is 0.400. The van der Waals surface area contributed by atoms with Crippen molar-refractivity contribution in [3.8, 4) is 5.75 Å². The number of aliphatic hydroxyl groups excluding tert-OH is 1. The summed E-state index contributed by atoms with van der Waals surface area (Å²) in [6.07, 6.45) is 3.27. The van der Waals surface area contributed by atoms with Crippen LogP contribution in [0.1, 0.15) is 48.1 Å². The Kier molecular flexibility index (Phi) is 6.99. The molecule has 0 saturated carbocycles. The molecule has 0 spiro atoms. The Morgan fingerprint density at radius 1 is 1.28 bits per heavy atom. The quantitative estimate of drug-likeness (QED) is 0.406. The van der Waals surface area contributed by atoms with Crippen LogP contribution in [0.5, 0.6) is 5.75 Å². The Bertz CT molecular complexity index is 1040. The fourth-order valence-corrected chi connectivity index (χ4v) is 4.03. The topological polar surface area (TPSA) is 83.0 Å². The van der Waals surface area contributed by atoms with Crippen molar-refractivity contribution < 1.29 is 19.4 Å². The number of carbonyl (C=O) groups excluding carboxylic acids is 2. The second-order valence-corrected chi connectivity index (χ2v) is 8.65. The summed E-state index contributed by atoms with van der Waals surface area (Å²) in [6, 6.07) is 6.58. The molecular weight excluding hydrogens is 406 g/mol. The molecule has 0 bridgehead atoms. The van der Waals surface area contributed by atoms with Crippen LogP contribution >= 0.6 is 0 Å². The Morgan fingerprint density at radius 2 is 2.00 bits per heavy atom. The van der Waals surface area contributed by atoms with Gasteiger partial charge in [-0.15, -0.1) is 0 Å². The van der Waals surface area contributed by atoms with E-state index in [0.717, 1.165) is 16.9 Å². The van der Waals surface area contributed by atoms with E-state index in [2.05, 4.69) is 4.98 Å². The van der Waals surface area contributed by atoms with Gasteiger partial charge < -0.3 is 19.6 Å². The number of methoxy groups -OCH3 is 1. The molecule has 1 saturated heterocycles. The maximum Gasteiger partial charge on any atom is 0.295 e. The SMILES string of the molecule is COc1cc(C)c(/C(O)=C2\C(=O)C(=O)N(CCN(C)C)C2c2cccnc2)cc1C(C)C. The van der Waals surface area contributed by atoms with Gasteiger partial charge in [0.05, 0.1) is 18.7 Å². The molecule has 1 aliphatic rings. The molecule has 0 radical (unpaired) electrons. The molecule has 1 aromatic carbocycles. The number of nitrogens with zero attached hydrogens (tertiary/aromatic N) is 3. The number of benzene rings is 1. The van der Waals surface area contributed by atoms with Crippen molar-refractivity contribution in [2.24, 2.45) is 0 Å². The summed E-state index contributed by atoms with van der Waals surface area (Å²) in [7, 11) is 5.42. The highest BCUT2D eigenvalue weighted by Gasteiger charge is 2.46. The van der Waals surface area contributed by atoms with Crippen LogP contribution in [0.2, 0.25) is 0 Å². The number of Topliss-reactive ketones (excluding diaryl/α,β-unsaturated/α-hetero) is 1. The first-order valence-electron chi connectivity index (χ1n) is 10.7. The summed E-state index contributed by atoms with van der Waals surface area (Å²) in [5, 5.41) is 11.4. The van der Waals surface area contributed by atoms with Gasteiger partial charge in [0.15, 0.2) is 0 Å². The predicted molar refractivity (Wildman–Crippen MR) is 124 cm³/mol. The fourth-order valence-electron chi connectivity index (χ4n) is 4.03. The third kappa shape index (κ3) is 4.39. The highest BCUT2D eigenvalue weighted by Crippen LogP contribution is 2.41. The molecule has 1 N–H and O–H groups in total. The van der Waals surface area contributed by atoms with Gasteiger partial charge in [0.25, 0.3) is 11.7 Å². The third-order valence-corrected chi connectivity index (χ3v) is 5.78. The Labute approximate surface area is 189 Å². The Hall–Kier alpha value is -3.19. The first kappa shape index (κ1) is 23.5. The van der Waals surface area contributed by atoms with E-state index in [9.17, 15) is 14.7 Å². The van der Waals surface area contributed by atoms with Crippen molar-refractivity contribution in [2.75, 3.05) is 34.3 Å². The lowest BCUT2D eigenvalue weighted by Crippen LogP contribution is -2.35. The maximum absolute atomic E-state index is 13.1. The van der Waals surface area contributed by atoms with Crippen LogP contribution in [-0.4, -0.2) is 65.9 Å². The van der Waals surface area contributed by atoms with Gasteiger partial charge in [-0.3, -0.25) is 14.6 Å². The number of hydrogen-bond acceptors (Lipinski definition) is 6. The average Bonchev–Trinajstić information content (AvgIpc) is 3.02. The van der Waals surface area contributed by atoms with E-state index in [4.69, 9.17) is 4.74 Å². The molecule has 7 heteroatoms. The maximum atomic E-state index is 13.1. The molecule has 7 nitrogen and oxygen atoms in total. The zero-order valence-corrected chi connectivity index (χ0v) is 19.5. The summed E-state index contributed by atoms with van der Waals surface area (Å²) in [5.41, 5.74) is 2.97. The minimum Gasteiger partial charge on any atom is -0.507 e. The lowest BCUT2D eigenvalue weighted by molar-refractivity contribution is -0.140. The summed E-state index contributed by atoms with van der Waals surface area (Å²) < 4.78 is 5.51. The number of likely N-dealkylation sites (N-methyl/N-ethyl adjacent to an activating group) is 1. The monoisotopic (exact) mass is 437 g/mol. The number of aliphatic hydroxyl groups is 1. The van der Waals surface area contributed by atoms with Crippen LogP contribution in [0.25, 0.3) is 5.76 Å². The second-order valence-electron chi connectivity index (χ2n) is 8.65. The smallest absolute Gasteiger partial charge is 0.295 e. The molecule has 170 valence electrons. The molecule has 3 rings (SSSR count). The molecule has 2 heterocycles. The molecule has 1 fully saturated rings. The van der Waals surface area contributed by atoms with Gasteiger partial charge in [0.1, 0.15) is 11.5 Å². The van der Waals surface area contributed by atoms with Crippen molar-refractivity contribution in [3.05, 3.63) is 64.5 Å². The van der Waals surface area contributed by atoms with E-state index in [1.807, 2.05) is 58.0 Å². The van der Waals surface area contributed by atoms with Crippen LogP contribution in [0.3, 0.4) is 0 Å².